The van der Waals surface area contributed by atoms with E-state index < -0.39 is 4.92 Å². The number of nitrogens with two attached hydrogens (primary N) is 1. The molecular formula is C11H17N3O3. The maximum atomic E-state index is 11.0. The van der Waals surface area contributed by atoms with Crippen molar-refractivity contribution in [1.82, 2.24) is 0 Å². The Morgan fingerprint density at radius 2 is 2.24 bits per heavy atom. The molecule has 0 aliphatic heterocycles. The lowest BCUT2D eigenvalue weighted by Gasteiger charge is -2.22. The predicted molar refractivity (Wildman–Crippen MR) is 67.1 cm³/mol. The molecule has 1 aromatic carbocycles. The molecule has 0 radical (unpaired) electrons. The minimum absolute atomic E-state index is 0.0621. The number of nitrogens with zero attached hydrogens (tertiary/aromatic N) is 2. The maximum absolute atomic E-state index is 11.0. The van der Waals surface area contributed by atoms with Crippen LogP contribution >= 0.6 is 0 Å². The van der Waals surface area contributed by atoms with Gasteiger partial charge in [0.2, 0.25) is 0 Å². The van der Waals surface area contributed by atoms with Crippen LogP contribution in [0.1, 0.15) is 13.3 Å². The molecule has 1 aromatic rings. The van der Waals surface area contributed by atoms with Crippen molar-refractivity contribution in [3.63, 3.8) is 0 Å². The van der Waals surface area contributed by atoms with Crippen molar-refractivity contribution < 1.29 is 10.0 Å². The van der Waals surface area contributed by atoms with E-state index in [4.69, 9.17) is 10.8 Å². The fourth-order valence-electron chi connectivity index (χ4n) is 1.71. The summed E-state index contributed by atoms with van der Waals surface area (Å²) in [7, 11) is 0. The van der Waals surface area contributed by atoms with Crippen molar-refractivity contribution in [2.75, 3.05) is 30.3 Å². The summed E-state index contributed by atoms with van der Waals surface area (Å²) in [6.45, 7) is 3.17. The number of rotatable bonds is 6. The smallest absolute Gasteiger partial charge is 0.315 e. The number of para-hydroxylation sites is 1. The number of hydrogen-bond donors (Lipinski definition) is 2. The molecule has 1 rings (SSSR count). The van der Waals surface area contributed by atoms with Crippen molar-refractivity contribution in [2.24, 2.45) is 0 Å². The second-order valence-electron chi connectivity index (χ2n) is 3.63. The number of anilines is 2. The van der Waals surface area contributed by atoms with Gasteiger partial charge in [0.15, 0.2) is 0 Å². The van der Waals surface area contributed by atoms with Crippen molar-refractivity contribution in [1.29, 1.82) is 0 Å². The molecule has 0 aliphatic carbocycles. The topological polar surface area (TPSA) is 92.6 Å². The maximum Gasteiger partial charge on any atom is 0.315 e. The lowest BCUT2D eigenvalue weighted by molar-refractivity contribution is -0.383. The standard InChI is InChI=1S/C11H17N3O3/c1-2-13(7-4-8-15)10-6-3-5-9(12)11(10)14(16)17/h3,5-6,15H,2,4,7-8,12H2,1H3. The first-order valence-electron chi connectivity index (χ1n) is 5.50. The number of aliphatic hydroxyl groups excluding tert-OH is 1. The van der Waals surface area contributed by atoms with Crippen LogP contribution in [0.2, 0.25) is 0 Å². The fourth-order valence-corrected chi connectivity index (χ4v) is 1.71. The Morgan fingerprint density at radius 3 is 2.76 bits per heavy atom. The molecule has 0 spiro atoms. The third-order valence-corrected chi connectivity index (χ3v) is 2.54. The summed E-state index contributed by atoms with van der Waals surface area (Å²) >= 11 is 0. The Morgan fingerprint density at radius 1 is 1.53 bits per heavy atom. The molecule has 0 fully saturated rings. The molecule has 0 unspecified atom stereocenters. The van der Waals surface area contributed by atoms with E-state index in [1.165, 1.54) is 6.07 Å². The van der Waals surface area contributed by atoms with E-state index in [0.29, 0.717) is 25.2 Å². The highest BCUT2D eigenvalue weighted by Crippen LogP contribution is 2.33. The monoisotopic (exact) mass is 239 g/mol. The second kappa shape index (κ2) is 6.05. The summed E-state index contributed by atoms with van der Waals surface area (Å²) in [5.74, 6) is 0. The third-order valence-electron chi connectivity index (χ3n) is 2.54. The van der Waals surface area contributed by atoms with E-state index in [2.05, 4.69) is 0 Å². The number of nitro groups is 1. The van der Waals surface area contributed by atoms with Crippen LogP contribution in [0.4, 0.5) is 17.1 Å². The van der Waals surface area contributed by atoms with Gasteiger partial charge in [-0.25, -0.2) is 0 Å². The van der Waals surface area contributed by atoms with E-state index in [-0.39, 0.29) is 18.0 Å². The number of aliphatic hydroxyl groups is 1. The van der Waals surface area contributed by atoms with Gasteiger partial charge in [0, 0.05) is 19.7 Å². The zero-order chi connectivity index (χ0) is 12.8. The normalized spacial score (nSPS) is 10.2. The second-order valence-corrected chi connectivity index (χ2v) is 3.63. The number of nitrogen functional groups attached to an aromatic ring is 1. The molecule has 0 aromatic heterocycles. The van der Waals surface area contributed by atoms with Crippen LogP contribution in [0.3, 0.4) is 0 Å². The van der Waals surface area contributed by atoms with Crippen LogP contribution in [-0.4, -0.2) is 29.7 Å². The van der Waals surface area contributed by atoms with Crippen molar-refractivity contribution in [3.8, 4) is 0 Å². The Bertz CT molecular complexity index is 396. The average Bonchev–Trinajstić information content (AvgIpc) is 2.29. The van der Waals surface area contributed by atoms with Crippen LogP contribution < -0.4 is 10.6 Å². The SMILES string of the molecule is CCN(CCCO)c1cccc(N)c1[N+](=O)[O-]. The molecule has 0 saturated heterocycles. The highest BCUT2D eigenvalue weighted by atomic mass is 16.6. The van der Waals surface area contributed by atoms with Crippen molar-refractivity contribution >= 4 is 17.1 Å². The van der Waals surface area contributed by atoms with Crippen LogP contribution in [0.5, 0.6) is 0 Å². The Kier molecular flexibility index (Phi) is 4.71. The first kappa shape index (κ1) is 13.2. The molecule has 0 saturated carbocycles. The zero-order valence-electron chi connectivity index (χ0n) is 9.80. The molecule has 0 bridgehead atoms. The van der Waals surface area contributed by atoms with Gasteiger partial charge in [-0.1, -0.05) is 6.07 Å². The van der Waals surface area contributed by atoms with Crippen molar-refractivity contribution in [2.45, 2.75) is 13.3 Å². The van der Waals surface area contributed by atoms with Gasteiger partial charge >= 0.3 is 5.69 Å². The van der Waals surface area contributed by atoms with Gasteiger partial charge in [0.25, 0.3) is 0 Å². The highest BCUT2D eigenvalue weighted by Gasteiger charge is 2.21. The van der Waals surface area contributed by atoms with E-state index in [9.17, 15) is 10.1 Å². The fraction of sp³-hybridized carbons (Fsp3) is 0.455. The molecule has 17 heavy (non-hydrogen) atoms. The van der Waals surface area contributed by atoms with Gasteiger partial charge in [0.1, 0.15) is 11.4 Å². The van der Waals surface area contributed by atoms with E-state index in [0.717, 1.165) is 0 Å². The molecule has 3 N–H and O–H groups in total. The van der Waals surface area contributed by atoms with E-state index >= 15 is 0 Å². The highest BCUT2D eigenvalue weighted by molar-refractivity contribution is 5.75. The molecule has 6 nitrogen and oxygen atoms in total. The van der Waals surface area contributed by atoms with Gasteiger partial charge in [0.05, 0.1) is 4.92 Å². The number of nitro benzene ring substituents is 1. The van der Waals surface area contributed by atoms with Gasteiger partial charge in [-0.3, -0.25) is 10.1 Å². The third kappa shape index (κ3) is 3.07. The molecule has 0 heterocycles. The molecule has 6 heteroatoms. The number of hydrogen-bond acceptors (Lipinski definition) is 5. The van der Waals surface area contributed by atoms with Gasteiger partial charge in [-0.15, -0.1) is 0 Å². The molecule has 94 valence electrons. The molecular weight excluding hydrogens is 222 g/mol. The zero-order valence-corrected chi connectivity index (χ0v) is 9.80. The Labute approximate surface area is 99.8 Å². The summed E-state index contributed by atoms with van der Waals surface area (Å²) in [6, 6.07) is 4.89. The molecule has 0 amide bonds. The van der Waals surface area contributed by atoms with Gasteiger partial charge < -0.3 is 15.7 Å². The number of benzene rings is 1. The summed E-state index contributed by atoms with van der Waals surface area (Å²) in [5, 5.41) is 19.8. The van der Waals surface area contributed by atoms with Crippen LogP contribution in [0.25, 0.3) is 0 Å². The largest absolute Gasteiger partial charge is 0.396 e. The summed E-state index contributed by atoms with van der Waals surface area (Å²) < 4.78 is 0. The lowest BCUT2D eigenvalue weighted by atomic mass is 10.2. The Balaban J connectivity index is 3.09. The van der Waals surface area contributed by atoms with Crippen molar-refractivity contribution in [3.05, 3.63) is 28.3 Å². The molecule has 0 atom stereocenters. The van der Waals surface area contributed by atoms with Gasteiger partial charge in [-0.05, 0) is 25.5 Å². The van der Waals surface area contributed by atoms with Crippen LogP contribution in [0.15, 0.2) is 18.2 Å². The first-order valence-corrected chi connectivity index (χ1v) is 5.50. The van der Waals surface area contributed by atoms with Crippen LogP contribution in [0, 0.1) is 10.1 Å². The van der Waals surface area contributed by atoms with E-state index in [1.54, 1.807) is 12.1 Å². The lowest BCUT2D eigenvalue weighted by Crippen LogP contribution is -2.25. The minimum atomic E-state index is -0.466. The van der Waals surface area contributed by atoms with E-state index in [1.807, 2.05) is 11.8 Å². The van der Waals surface area contributed by atoms with Crippen LogP contribution in [-0.2, 0) is 0 Å². The molecule has 0 aliphatic rings. The first-order chi connectivity index (χ1) is 8.11. The summed E-state index contributed by atoms with van der Waals surface area (Å²) in [5.41, 5.74) is 6.23. The Hall–Kier alpha value is -1.82. The summed E-state index contributed by atoms with van der Waals surface area (Å²) in [4.78, 5) is 12.4. The predicted octanol–water partition coefficient (Wildman–Crippen LogP) is 1.39. The average molecular weight is 239 g/mol. The summed E-state index contributed by atoms with van der Waals surface area (Å²) in [6.07, 6.45) is 0.569. The minimum Gasteiger partial charge on any atom is -0.396 e. The quantitative estimate of drug-likeness (QED) is 0.444. The van der Waals surface area contributed by atoms with Gasteiger partial charge in [-0.2, -0.15) is 0 Å².